The fourth-order valence-corrected chi connectivity index (χ4v) is 4.46. The van der Waals surface area contributed by atoms with Crippen LogP contribution in [-0.2, 0) is 24.1 Å². The van der Waals surface area contributed by atoms with Gasteiger partial charge in [-0.3, -0.25) is 9.59 Å². The molecular formula is C29H33BrF3N3O2. The Bertz CT molecular complexity index is 1210. The van der Waals surface area contributed by atoms with E-state index in [2.05, 4.69) is 22.9 Å². The number of hydrogen-bond donors (Lipinski definition) is 0. The Labute approximate surface area is 230 Å². The molecule has 0 saturated carbocycles. The highest BCUT2D eigenvalue weighted by Crippen LogP contribution is 2.29. The highest BCUT2D eigenvalue weighted by molar-refractivity contribution is 9.10. The van der Waals surface area contributed by atoms with Gasteiger partial charge >= 0.3 is 6.18 Å². The molecule has 9 heteroatoms. The summed E-state index contributed by atoms with van der Waals surface area (Å²) in [6, 6.07) is 16.0. The zero-order valence-electron chi connectivity index (χ0n) is 21.7. The molecule has 3 aromatic rings. The average Bonchev–Trinajstić information content (AvgIpc) is 3.32. The van der Waals surface area contributed by atoms with Crippen molar-refractivity contribution in [2.75, 3.05) is 19.6 Å². The topological polar surface area (TPSA) is 45.6 Å². The Kier molecular flexibility index (Phi) is 10.6. The number of nitrogens with zero attached hydrogens (tertiary/aromatic N) is 3. The van der Waals surface area contributed by atoms with Gasteiger partial charge in [-0.1, -0.05) is 47.8 Å². The second-order valence-corrected chi connectivity index (χ2v) is 10.1. The number of halogens is 4. The van der Waals surface area contributed by atoms with Crippen LogP contribution in [0.3, 0.4) is 0 Å². The molecular weight excluding hydrogens is 559 g/mol. The van der Waals surface area contributed by atoms with Gasteiger partial charge in [0.2, 0.25) is 5.91 Å². The summed E-state index contributed by atoms with van der Waals surface area (Å²) in [5.74, 6) is -0.380. The number of aromatic nitrogens is 1. The molecule has 2 aromatic carbocycles. The zero-order chi connectivity index (χ0) is 27.7. The van der Waals surface area contributed by atoms with E-state index < -0.39 is 11.7 Å². The van der Waals surface area contributed by atoms with Gasteiger partial charge in [0.15, 0.2) is 0 Å². The molecule has 0 unspecified atom stereocenters. The van der Waals surface area contributed by atoms with E-state index in [9.17, 15) is 22.8 Å². The Hall–Kier alpha value is -3.07. The summed E-state index contributed by atoms with van der Waals surface area (Å²) in [5.41, 5.74) is 1.17. The fourth-order valence-electron chi connectivity index (χ4n) is 4.20. The van der Waals surface area contributed by atoms with Crippen molar-refractivity contribution in [2.24, 2.45) is 0 Å². The van der Waals surface area contributed by atoms with Crippen LogP contribution in [0.1, 0.15) is 60.3 Å². The number of carbonyl (C=O) groups is 2. The van der Waals surface area contributed by atoms with Crippen molar-refractivity contribution in [1.82, 2.24) is 14.4 Å². The Morgan fingerprint density at radius 1 is 0.947 bits per heavy atom. The maximum absolute atomic E-state index is 13.4. The normalized spacial score (nSPS) is 11.4. The largest absolute Gasteiger partial charge is 0.416 e. The summed E-state index contributed by atoms with van der Waals surface area (Å²) in [5, 5.41) is 0. The van der Waals surface area contributed by atoms with Gasteiger partial charge in [-0.25, -0.2) is 0 Å². The minimum Gasteiger partial charge on any atom is -0.345 e. The van der Waals surface area contributed by atoms with Crippen LogP contribution < -0.4 is 0 Å². The lowest BCUT2D eigenvalue weighted by molar-refractivity contribution is -0.137. The van der Waals surface area contributed by atoms with E-state index in [-0.39, 0.29) is 24.9 Å². The monoisotopic (exact) mass is 591 g/mol. The lowest BCUT2D eigenvalue weighted by Crippen LogP contribution is -2.43. The molecule has 1 heterocycles. The quantitative estimate of drug-likeness (QED) is 0.213. The second kappa shape index (κ2) is 13.6. The van der Waals surface area contributed by atoms with Crippen molar-refractivity contribution in [1.29, 1.82) is 0 Å². The second-order valence-electron chi connectivity index (χ2n) is 9.17. The number of hydrogen-bond acceptors (Lipinski definition) is 2. The van der Waals surface area contributed by atoms with Gasteiger partial charge in [0.05, 0.1) is 12.1 Å². The van der Waals surface area contributed by atoms with Crippen molar-refractivity contribution in [3.8, 4) is 0 Å². The first kappa shape index (κ1) is 29.5. The van der Waals surface area contributed by atoms with Gasteiger partial charge in [-0.2, -0.15) is 13.2 Å². The van der Waals surface area contributed by atoms with E-state index in [1.165, 1.54) is 11.0 Å². The molecule has 5 nitrogen and oxygen atoms in total. The van der Waals surface area contributed by atoms with Gasteiger partial charge in [0.1, 0.15) is 6.54 Å². The van der Waals surface area contributed by atoms with Crippen LogP contribution in [0.2, 0.25) is 0 Å². The van der Waals surface area contributed by atoms with Gasteiger partial charge in [0, 0.05) is 41.6 Å². The van der Waals surface area contributed by atoms with E-state index in [1.807, 2.05) is 23.6 Å². The van der Waals surface area contributed by atoms with Crippen molar-refractivity contribution in [2.45, 2.75) is 52.4 Å². The molecule has 2 amide bonds. The number of alkyl halides is 3. The third kappa shape index (κ3) is 8.21. The lowest BCUT2D eigenvalue weighted by atomic mass is 10.1. The standard InChI is InChI=1S/C29H33BrF3N3O2/c1-3-5-6-16-36(27(37)21-34(4-2)28(38)23-12-14-25(30)15-13-23)20-26-11-8-17-35(26)19-22-9-7-10-24(18-22)29(31,32)33/h7-15,17-18H,3-6,16,19-21H2,1-2H3. The lowest BCUT2D eigenvalue weighted by Gasteiger charge is -2.28. The molecule has 0 fully saturated rings. The molecule has 0 atom stereocenters. The summed E-state index contributed by atoms with van der Waals surface area (Å²) < 4.78 is 42.2. The highest BCUT2D eigenvalue weighted by Gasteiger charge is 2.30. The summed E-state index contributed by atoms with van der Waals surface area (Å²) in [6.07, 6.45) is 0.182. The van der Waals surface area contributed by atoms with Crippen molar-refractivity contribution in [3.63, 3.8) is 0 Å². The number of likely N-dealkylation sites (N-methyl/N-ethyl adjacent to an activating group) is 1. The minimum absolute atomic E-state index is 0.0497. The van der Waals surface area contributed by atoms with E-state index in [1.54, 1.807) is 41.4 Å². The number of rotatable bonds is 12. The molecule has 1 aromatic heterocycles. The summed E-state index contributed by atoms with van der Waals surface area (Å²) in [6.45, 7) is 5.35. The van der Waals surface area contributed by atoms with E-state index in [0.29, 0.717) is 30.8 Å². The zero-order valence-corrected chi connectivity index (χ0v) is 23.3. The third-order valence-corrected chi connectivity index (χ3v) is 6.88. The smallest absolute Gasteiger partial charge is 0.345 e. The predicted molar refractivity (Wildman–Crippen MR) is 146 cm³/mol. The molecule has 0 aliphatic rings. The van der Waals surface area contributed by atoms with Crippen molar-refractivity contribution >= 4 is 27.7 Å². The molecule has 0 N–H and O–H groups in total. The fraction of sp³-hybridized carbons (Fsp3) is 0.379. The van der Waals surface area contributed by atoms with Crippen LogP contribution in [0.25, 0.3) is 0 Å². The van der Waals surface area contributed by atoms with Crippen LogP contribution in [0.15, 0.2) is 71.3 Å². The number of benzene rings is 2. The first-order valence-electron chi connectivity index (χ1n) is 12.7. The first-order valence-corrected chi connectivity index (χ1v) is 13.5. The molecule has 0 spiro atoms. The van der Waals surface area contributed by atoms with E-state index in [4.69, 9.17) is 0 Å². The van der Waals surface area contributed by atoms with Crippen LogP contribution in [0.4, 0.5) is 13.2 Å². The number of unbranched alkanes of at least 4 members (excludes halogenated alkanes) is 2. The van der Waals surface area contributed by atoms with Gasteiger partial charge in [-0.05, 0) is 67.4 Å². The maximum atomic E-state index is 13.4. The average molecular weight is 593 g/mol. The van der Waals surface area contributed by atoms with Gasteiger partial charge < -0.3 is 14.4 Å². The Morgan fingerprint density at radius 3 is 2.34 bits per heavy atom. The third-order valence-electron chi connectivity index (χ3n) is 6.35. The molecule has 0 bridgehead atoms. The molecule has 3 rings (SSSR count). The molecule has 38 heavy (non-hydrogen) atoms. The molecule has 204 valence electrons. The molecule has 0 radical (unpaired) electrons. The van der Waals surface area contributed by atoms with Crippen LogP contribution in [0, 0.1) is 0 Å². The number of amides is 2. The summed E-state index contributed by atoms with van der Waals surface area (Å²) >= 11 is 3.37. The predicted octanol–water partition coefficient (Wildman–Crippen LogP) is 7.00. The minimum atomic E-state index is -4.41. The molecule has 0 aliphatic carbocycles. The molecule has 0 aliphatic heterocycles. The van der Waals surface area contributed by atoms with Crippen LogP contribution in [0.5, 0.6) is 0 Å². The summed E-state index contributed by atoms with van der Waals surface area (Å²) in [4.78, 5) is 29.7. The van der Waals surface area contributed by atoms with E-state index >= 15 is 0 Å². The van der Waals surface area contributed by atoms with Crippen LogP contribution in [-0.4, -0.2) is 45.8 Å². The summed E-state index contributed by atoms with van der Waals surface area (Å²) in [7, 11) is 0. The maximum Gasteiger partial charge on any atom is 0.416 e. The van der Waals surface area contributed by atoms with E-state index in [0.717, 1.165) is 41.6 Å². The first-order chi connectivity index (χ1) is 18.1. The van der Waals surface area contributed by atoms with Crippen molar-refractivity contribution < 1.29 is 22.8 Å². The number of carbonyl (C=O) groups excluding carboxylic acids is 2. The molecule has 0 saturated heterocycles. The van der Waals surface area contributed by atoms with Gasteiger partial charge in [0.25, 0.3) is 5.91 Å². The van der Waals surface area contributed by atoms with Crippen LogP contribution >= 0.6 is 15.9 Å². The Balaban J connectivity index is 1.75. The van der Waals surface area contributed by atoms with Gasteiger partial charge in [-0.15, -0.1) is 0 Å². The SMILES string of the molecule is CCCCCN(Cc1cccn1Cc1cccc(C(F)(F)F)c1)C(=O)CN(CC)C(=O)c1ccc(Br)cc1. The Morgan fingerprint density at radius 2 is 1.68 bits per heavy atom. The highest BCUT2D eigenvalue weighted by atomic mass is 79.9. The van der Waals surface area contributed by atoms with Crippen molar-refractivity contribution in [3.05, 3.63) is 93.7 Å².